The number of ether oxygens (including phenoxy) is 1. The van der Waals surface area contributed by atoms with E-state index in [1.807, 2.05) is 37.3 Å². The minimum Gasteiger partial charge on any atom is -0.497 e. The molecule has 1 aliphatic rings. The number of carbonyl (C=O) groups excluding carboxylic acids is 1. The molecule has 0 radical (unpaired) electrons. The molecule has 1 aromatic carbocycles. The Labute approximate surface area is 187 Å². The average Bonchev–Trinajstić information content (AvgIpc) is 3.24. The van der Waals surface area contributed by atoms with Crippen molar-refractivity contribution in [2.75, 3.05) is 7.11 Å². The van der Waals surface area contributed by atoms with Gasteiger partial charge < -0.3 is 16.2 Å². The van der Waals surface area contributed by atoms with Crippen LogP contribution in [-0.2, 0) is 13.0 Å². The molecule has 2 heterocycles. The zero-order chi connectivity index (χ0) is 22.7. The molecule has 9 nitrogen and oxygen atoms in total. The molecule has 0 saturated heterocycles. The van der Waals surface area contributed by atoms with Crippen LogP contribution in [0.5, 0.6) is 5.75 Å². The average molecular weight is 436 g/mol. The van der Waals surface area contributed by atoms with Crippen molar-refractivity contribution in [3.05, 3.63) is 52.8 Å². The summed E-state index contributed by atoms with van der Waals surface area (Å²) >= 11 is 0. The van der Waals surface area contributed by atoms with E-state index in [9.17, 15) is 4.79 Å². The van der Waals surface area contributed by atoms with Gasteiger partial charge in [0.05, 0.1) is 13.7 Å². The van der Waals surface area contributed by atoms with Gasteiger partial charge in [-0.2, -0.15) is 4.80 Å². The Morgan fingerprint density at radius 1 is 1.22 bits per heavy atom. The molecule has 168 valence electrons. The van der Waals surface area contributed by atoms with Crippen molar-refractivity contribution >= 4 is 5.91 Å². The van der Waals surface area contributed by atoms with E-state index in [-0.39, 0.29) is 5.69 Å². The summed E-state index contributed by atoms with van der Waals surface area (Å²) in [5.74, 6) is 1.11. The number of pyridine rings is 1. The lowest BCUT2D eigenvalue weighted by atomic mass is 9.86. The summed E-state index contributed by atoms with van der Waals surface area (Å²) in [6.45, 7) is 2.53. The first-order valence-electron chi connectivity index (χ1n) is 10.9. The molecular weight excluding hydrogens is 406 g/mol. The maximum absolute atomic E-state index is 12.2. The maximum atomic E-state index is 12.2. The molecule has 1 aliphatic carbocycles. The molecule has 0 atom stereocenters. The van der Waals surface area contributed by atoms with Gasteiger partial charge in [-0.1, -0.05) is 12.1 Å². The molecule has 32 heavy (non-hydrogen) atoms. The minimum absolute atomic E-state index is 0.223. The molecular formula is C23H29N7O2. The molecule has 9 heteroatoms. The van der Waals surface area contributed by atoms with Gasteiger partial charge in [0.25, 0.3) is 5.91 Å². The lowest BCUT2D eigenvalue weighted by Gasteiger charge is -2.25. The number of hydrogen-bond acceptors (Lipinski definition) is 7. The zero-order valence-electron chi connectivity index (χ0n) is 18.5. The lowest BCUT2D eigenvalue weighted by molar-refractivity contribution is 0.0994. The van der Waals surface area contributed by atoms with Crippen molar-refractivity contribution in [1.29, 1.82) is 0 Å². The number of amides is 1. The number of nitrogens with two attached hydrogens (primary N) is 2. The van der Waals surface area contributed by atoms with Gasteiger partial charge in [0.2, 0.25) is 5.82 Å². The van der Waals surface area contributed by atoms with E-state index in [2.05, 4.69) is 20.4 Å². The van der Waals surface area contributed by atoms with Crippen molar-refractivity contribution in [2.24, 2.45) is 17.4 Å². The van der Waals surface area contributed by atoms with Gasteiger partial charge >= 0.3 is 0 Å². The molecule has 1 fully saturated rings. The van der Waals surface area contributed by atoms with Gasteiger partial charge in [-0.15, -0.1) is 10.2 Å². The van der Waals surface area contributed by atoms with Crippen LogP contribution in [0, 0.1) is 12.8 Å². The van der Waals surface area contributed by atoms with Crippen LogP contribution >= 0.6 is 0 Å². The van der Waals surface area contributed by atoms with Gasteiger partial charge in [0, 0.05) is 23.7 Å². The Balaban J connectivity index is 1.67. The van der Waals surface area contributed by atoms with E-state index in [1.165, 1.54) is 0 Å². The Bertz CT molecular complexity index is 1100. The van der Waals surface area contributed by atoms with Crippen LogP contribution < -0.4 is 16.2 Å². The number of rotatable bonds is 7. The summed E-state index contributed by atoms with van der Waals surface area (Å²) in [5, 5.41) is 13.2. The third kappa shape index (κ3) is 4.94. The number of nitrogens with zero attached hydrogens (tertiary/aromatic N) is 5. The number of benzene rings is 1. The molecule has 3 aromatic rings. The highest BCUT2D eigenvalue weighted by Gasteiger charge is 2.23. The molecule has 4 N–H and O–H groups in total. The minimum atomic E-state index is -0.584. The fraction of sp³-hybridized carbons (Fsp3) is 0.435. The molecule has 0 bridgehead atoms. The predicted octanol–water partition coefficient (Wildman–Crippen LogP) is 2.26. The zero-order valence-corrected chi connectivity index (χ0v) is 18.5. The largest absolute Gasteiger partial charge is 0.497 e. The topological polar surface area (TPSA) is 135 Å². The Morgan fingerprint density at radius 2 is 2.00 bits per heavy atom. The highest BCUT2D eigenvalue weighted by atomic mass is 16.5. The summed E-state index contributed by atoms with van der Waals surface area (Å²) in [7, 11) is 1.62. The van der Waals surface area contributed by atoms with E-state index < -0.39 is 5.91 Å². The summed E-state index contributed by atoms with van der Waals surface area (Å²) in [4.78, 5) is 18.3. The van der Waals surface area contributed by atoms with Gasteiger partial charge in [-0.25, -0.2) is 4.98 Å². The fourth-order valence-electron chi connectivity index (χ4n) is 4.30. The molecule has 0 unspecified atom stereocenters. The first-order chi connectivity index (χ1) is 15.4. The van der Waals surface area contributed by atoms with Crippen LogP contribution in [0.15, 0.2) is 30.3 Å². The normalized spacial score (nSPS) is 18.5. The van der Waals surface area contributed by atoms with Crippen LogP contribution in [0.25, 0.3) is 11.4 Å². The first kappa shape index (κ1) is 21.9. The lowest BCUT2D eigenvalue weighted by Crippen LogP contribution is -2.28. The summed E-state index contributed by atoms with van der Waals surface area (Å²) in [5.41, 5.74) is 14.9. The summed E-state index contributed by atoms with van der Waals surface area (Å²) in [6, 6.07) is 9.85. The van der Waals surface area contributed by atoms with Crippen LogP contribution in [0.1, 0.15) is 53.0 Å². The highest BCUT2D eigenvalue weighted by Crippen LogP contribution is 2.28. The van der Waals surface area contributed by atoms with Crippen LogP contribution in [0.2, 0.25) is 0 Å². The Hall–Kier alpha value is -3.33. The number of tetrazole rings is 1. The number of methoxy groups -OCH3 is 1. The van der Waals surface area contributed by atoms with Crippen LogP contribution in [-0.4, -0.2) is 44.3 Å². The quantitative estimate of drug-likeness (QED) is 0.581. The van der Waals surface area contributed by atoms with E-state index in [1.54, 1.807) is 11.9 Å². The van der Waals surface area contributed by atoms with Gasteiger partial charge in [-0.3, -0.25) is 4.79 Å². The second kappa shape index (κ2) is 9.44. The third-order valence-corrected chi connectivity index (χ3v) is 6.01. The second-order valence-corrected chi connectivity index (χ2v) is 8.48. The SMILES string of the molecule is COc1cccc(Cc2c(-c3nnn(CC4CCC(N)CC4)n3)cc(C)nc2C(N)=O)c1. The number of hydrogen-bond donors (Lipinski definition) is 2. The number of aromatic nitrogens is 5. The number of primary amides is 1. The van der Waals surface area contributed by atoms with Crippen molar-refractivity contribution in [1.82, 2.24) is 25.2 Å². The molecule has 2 aromatic heterocycles. The predicted molar refractivity (Wildman–Crippen MR) is 120 cm³/mol. The molecule has 4 rings (SSSR count). The summed E-state index contributed by atoms with van der Waals surface area (Å²) in [6.07, 6.45) is 4.64. The van der Waals surface area contributed by atoms with E-state index in [0.29, 0.717) is 47.6 Å². The van der Waals surface area contributed by atoms with Gasteiger partial charge in [0.15, 0.2) is 0 Å². The third-order valence-electron chi connectivity index (χ3n) is 6.01. The fourth-order valence-corrected chi connectivity index (χ4v) is 4.30. The number of aryl methyl sites for hydroxylation is 1. The molecule has 0 aliphatic heterocycles. The summed E-state index contributed by atoms with van der Waals surface area (Å²) < 4.78 is 5.33. The number of carbonyl (C=O) groups is 1. The van der Waals surface area contributed by atoms with E-state index >= 15 is 0 Å². The molecule has 1 amide bonds. The van der Waals surface area contributed by atoms with E-state index in [0.717, 1.165) is 37.0 Å². The Kier molecular flexibility index (Phi) is 6.45. The second-order valence-electron chi connectivity index (χ2n) is 8.48. The molecule has 0 spiro atoms. The van der Waals surface area contributed by atoms with Gasteiger partial charge in [0.1, 0.15) is 11.4 Å². The van der Waals surface area contributed by atoms with Crippen molar-refractivity contribution in [2.45, 2.75) is 51.6 Å². The first-order valence-corrected chi connectivity index (χ1v) is 10.9. The van der Waals surface area contributed by atoms with Crippen molar-refractivity contribution < 1.29 is 9.53 Å². The maximum Gasteiger partial charge on any atom is 0.267 e. The highest BCUT2D eigenvalue weighted by molar-refractivity contribution is 5.94. The van der Waals surface area contributed by atoms with Crippen molar-refractivity contribution in [3.8, 4) is 17.1 Å². The van der Waals surface area contributed by atoms with Gasteiger partial charge in [-0.05, 0) is 73.1 Å². The standard InChI is InChI=1S/C23H29N7O2/c1-14-10-20(23-27-29-30(28-23)13-15-6-8-17(24)9-7-15)19(21(26-14)22(25)31)12-16-4-3-5-18(11-16)32-2/h3-5,10-11,15,17H,6-9,12-13,24H2,1-2H3,(H2,25,31). The van der Waals surface area contributed by atoms with Crippen LogP contribution in [0.4, 0.5) is 0 Å². The monoisotopic (exact) mass is 435 g/mol. The molecule has 1 saturated carbocycles. The van der Waals surface area contributed by atoms with Crippen molar-refractivity contribution in [3.63, 3.8) is 0 Å². The van der Waals surface area contributed by atoms with Crippen LogP contribution in [0.3, 0.4) is 0 Å². The smallest absolute Gasteiger partial charge is 0.267 e. The Morgan fingerprint density at radius 3 is 2.72 bits per heavy atom. The van der Waals surface area contributed by atoms with E-state index in [4.69, 9.17) is 16.2 Å².